The highest BCUT2D eigenvalue weighted by Gasteiger charge is 2.32. The summed E-state index contributed by atoms with van der Waals surface area (Å²) in [7, 11) is 3.26. The van der Waals surface area contributed by atoms with E-state index >= 15 is 0 Å². The number of nitrogens with zero attached hydrogens (tertiary/aromatic N) is 2. The molecule has 180 valence electrons. The quantitative estimate of drug-likeness (QED) is 0.415. The Labute approximate surface area is 213 Å². The zero-order valence-electron chi connectivity index (χ0n) is 20.4. The van der Waals surface area contributed by atoms with Crippen molar-refractivity contribution in [3.8, 4) is 11.5 Å². The van der Waals surface area contributed by atoms with Gasteiger partial charge in [-0.15, -0.1) is 0 Å². The molecule has 5 nitrogen and oxygen atoms in total. The fraction of sp³-hybridized carbons (Fsp3) is 0.200. The summed E-state index contributed by atoms with van der Waals surface area (Å²) in [5, 5.41) is 0. The Balaban J connectivity index is 1.62. The van der Waals surface area contributed by atoms with E-state index in [1.54, 1.807) is 14.2 Å². The molecule has 1 aromatic heterocycles. The molecule has 0 saturated heterocycles. The number of methoxy groups -OCH3 is 2. The zero-order chi connectivity index (χ0) is 24.8. The molecule has 6 rings (SSSR count). The second-order valence-electron chi connectivity index (χ2n) is 9.13. The van der Waals surface area contributed by atoms with Gasteiger partial charge in [-0.25, -0.2) is 4.99 Å². The van der Waals surface area contributed by atoms with Gasteiger partial charge in [0.05, 0.1) is 30.5 Å². The van der Waals surface area contributed by atoms with Crippen molar-refractivity contribution in [3.05, 3.63) is 120 Å². The van der Waals surface area contributed by atoms with Crippen LogP contribution in [0.15, 0.2) is 82.1 Å². The Morgan fingerprint density at radius 3 is 2.58 bits per heavy atom. The van der Waals surface area contributed by atoms with Crippen LogP contribution in [0.25, 0.3) is 11.8 Å². The summed E-state index contributed by atoms with van der Waals surface area (Å²) in [6.07, 6.45) is 3.70. The van der Waals surface area contributed by atoms with Gasteiger partial charge in [0.2, 0.25) is 0 Å². The number of hydrogen-bond donors (Lipinski definition) is 0. The molecule has 0 fully saturated rings. The van der Waals surface area contributed by atoms with E-state index in [9.17, 15) is 4.79 Å². The predicted octanol–water partition coefficient (Wildman–Crippen LogP) is 4.64. The summed E-state index contributed by atoms with van der Waals surface area (Å²) in [5.41, 5.74) is 7.74. The normalized spacial score (nSPS) is 16.6. The molecule has 1 aliphatic carbocycles. The third-order valence-electron chi connectivity index (χ3n) is 6.99. The van der Waals surface area contributed by atoms with Crippen molar-refractivity contribution in [2.24, 2.45) is 4.99 Å². The molecule has 2 heterocycles. The van der Waals surface area contributed by atoms with Crippen LogP contribution in [-0.2, 0) is 6.42 Å². The fourth-order valence-corrected chi connectivity index (χ4v) is 6.16. The van der Waals surface area contributed by atoms with Crippen LogP contribution < -0.4 is 24.4 Å². The molecule has 2 aliphatic rings. The molecule has 1 atom stereocenters. The zero-order valence-corrected chi connectivity index (χ0v) is 21.3. The minimum atomic E-state index is -0.181. The maximum atomic E-state index is 13.9. The van der Waals surface area contributed by atoms with Crippen molar-refractivity contribution in [2.75, 3.05) is 14.2 Å². The lowest BCUT2D eigenvalue weighted by Gasteiger charge is -2.30. The molecule has 1 aliphatic heterocycles. The monoisotopic (exact) mass is 494 g/mol. The summed E-state index contributed by atoms with van der Waals surface area (Å²) in [6.45, 7) is 2.08. The van der Waals surface area contributed by atoms with Crippen LogP contribution in [0.3, 0.4) is 0 Å². The Morgan fingerprint density at radius 1 is 1.00 bits per heavy atom. The van der Waals surface area contributed by atoms with Gasteiger partial charge in [-0.3, -0.25) is 9.36 Å². The van der Waals surface area contributed by atoms with Gasteiger partial charge in [0.1, 0.15) is 11.5 Å². The number of hydrogen-bond acceptors (Lipinski definition) is 5. The lowest BCUT2D eigenvalue weighted by atomic mass is 9.83. The molecule has 0 N–H and O–H groups in total. The van der Waals surface area contributed by atoms with Gasteiger partial charge < -0.3 is 9.47 Å². The largest absolute Gasteiger partial charge is 0.497 e. The molecule has 36 heavy (non-hydrogen) atoms. The summed E-state index contributed by atoms with van der Waals surface area (Å²) in [6, 6.07) is 22.4. The van der Waals surface area contributed by atoms with E-state index < -0.39 is 0 Å². The second-order valence-corrected chi connectivity index (χ2v) is 10.1. The van der Waals surface area contributed by atoms with E-state index in [-0.39, 0.29) is 11.6 Å². The third kappa shape index (κ3) is 3.69. The molecule has 3 aromatic carbocycles. The number of ether oxygens (including phenoxy) is 2. The van der Waals surface area contributed by atoms with E-state index in [0.29, 0.717) is 20.8 Å². The lowest BCUT2D eigenvalue weighted by molar-refractivity contribution is 0.402. The molecule has 6 heteroatoms. The first kappa shape index (κ1) is 22.6. The van der Waals surface area contributed by atoms with Crippen molar-refractivity contribution < 1.29 is 9.47 Å². The van der Waals surface area contributed by atoms with Gasteiger partial charge in [-0.05, 0) is 60.7 Å². The highest BCUT2D eigenvalue weighted by Crippen LogP contribution is 2.41. The maximum absolute atomic E-state index is 13.9. The maximum Gasteiger partial charge on any atom is 0.271 e. The summed E-state index contributed by atoms with van der Waals surface area (Å²) in [5.74, 6) is 1.39. The van der Waals surface area contributed by atoms with Crippen LogP contribution in [-0.4, -0.2) is 18.8 Å². The van der Waals surface area contributed by atoms with E-state index in [4.69, 9.17) is 14.5 Å². The molecule has 0 saturated carbocycles. The number of allylic oxidation sites excluding steroid dienone is 1. The number of rotatable bonds is 4. The van der Waals surface area contributed by atoms with Crippen molar-refractivity contribution in [1.29, 1.82) is 0 Å². The van der Waals surface area contributed by atoms with Crippen LogP contribution in [0.1, 0.15) is 40.3 Å². The number of aromatic nitrogens is 1. The van der Waals surface area contributed by atoms with Crippen LogP contribution in [0, 0.1) is 6.92 Å². The number of aryl methyl sites for hydroxylation is 2. The van der Waals surface area contributed by atoms with Crippen LogP contribution in [0.2, 0.25) is 0 Å². The van der Waals surface area contributed by atoms with E-state index in [2.05, 4.69) is 55.5 Å². The standard InChI is InChI=1S/C30H26N2O3S/c1-18-8-10-20(11-9-18)28-24-14-12-19-6-4-5-7-23(19)27(24)31-30-32(28)29(33)26(36-30)17-21-16-22(34-2)13-15-25(21)35-3/h4-11,13,15-17,28H,12,14H2,1-3H3/b26-17-/t28-/m0/s1. The Hall–Kier alpha value is -3.90. The topological polar surface area (TPSA) is 52.8 Å². The predicted molar refractivity (Wildman–Crippen MR) is 143 cm³/mol. The molecular formula is C30H26N2O3S. The molecule has 0 unspecified atom stereocenters. The number of benzene rings is 3. The first-order valence-electron chi connectivity index (χ1n) is 12.0. The van der Waals surface area contributed by atoms with Crippen LogP contribution in [0.4, 0.5) is 0 Å². The number of fused-ring (bicyclic) bond motifs is 3. The first-order chi connectivity index (χ1) is 17.6. The molecule has 0 radical (unpaired) electrons. The summed E-state index contributed by atoms with van der Waals surface area (Å²) >= 11 is 1.42. The van der Waals surface area contributed by atoms with Crippen molar-refractivity contribution in [3.63, 3.8) is 0 Å². The van der Waals surface area contributed by atoms with Gasteiger partial charge in [0, 0.05) is 11.1 Å². The van der Waals surface area contributed by atoms with E-state index in [1.165, 1.54) is 33.6 Å². The van der Waals surface area contributed by atoms with Crippen molar-refractivity contribution >= 4 is 23.1 Å². The molecule has 0 amide bonds. The smallest absolute Gasteiger partial charge is 0.271 e. The van der Waals surface area contributed by atoms with Gasteiger partial charge in [-0.1, -0.05) is 65.4 Å². The van der Waals surface area contributed by atoms with E-state index in [0.717, 1.165) is 29.7 Å². The highest BCUT2D eigenvalue weighted by atomic mass is 32.1. The van der Waals surface area contributed by atoms with Crippen LogP contribution in [0.5, 0.6) is 11.5 Å². The van der Waals surface area contributed by atoms with Crippen molar-refractivity contribution in [1.82, 2.24) is 4.57 Å². The second kappa shape index (κ2) is 8.95. The van der Waals surface area contributed by atoms with Gasteiger partial charge in [-0.2, -0.15) is 0 Å². The van der Waals surface area contributed by atoms with Crippen molar-refractivity contribution in [2.45, 2.75) is 25.8 Å². The average molecular weight is 495 g/mol. The van der Waals surface area contributed by atoms with Gasteiger partial charge in [0.15, 0.2) is 4.80 Å². The average Bonchev–Trinajstić information content (AvgIpc) is 3.22. The molecule has 4 aromatic rings. The van der Waals surface area contributed by atoms with Gasteiger partial charge in [0.25, 0.3) is 5.56 Å². The molecular weight excluding hydrogens is 468 g/mol. The minimum absolute atomic E-state index is 0.0420. The molecule has 0 bridgehead atoms. The highest BCUT2D eigenvalue weighted by molar-refractivity contribution is 7.07. The molecule has 0 spiro atoms. The van der Waals surface area contributed by atoms with Crippen LogP contribution >= 0.6 is 11.3 Å². The SMILES string of the molecule is COc1ccc(OC)c(/C=c2\sc3n(c2=O)[C@@H](c2ccc(C)cc2)C2=C(N=3)c3ccccc3CC2)c1. The number of thiazole rings is 1. The minimum Gasteiger partial charge on any atom is -0.497 e. The third-order valence-corrected chi connectivity index (χ3v) is 7.97. The summed E-state index contributed by atoms with van der Waals surface area (Å²) < 4.78 is 13.5. The fourth-order valence-electron chi connectivity index (χ4n) is 5.16. The van der Waals surface area contributed by atoms with E-state index in [1.807, 2.05) is 28.8 Å². The Bertz CT molecular complexity index is 1690. The van der Waals surface area contributed by atoms with Gasteiger partial charge >= 0.3 is 0 Å². The Kier molecular flexibility index (Phi) is 5.61. The lowest BCUT2D eigenvalue weighted by Crippen LogP contribution is -2.38. The Morgan fingerprint density at radius 2 is 1.81 bits per heavy atom. The summed E-state index contributed by atoms with van der Waals surface area (Å²) in [4.78, 5) is 19.7. The first-order valence-corrected chi connectivity index (χ1v) is 12.8.